The maximum Gasteiger partial charge on any atom is 0.151 e. The molecule has 1 fully saturated rings. The van der Waals surface area contributed by atoms with Crippen molar-refractivity contribution in [2.45, 2.75) is 18.4 Å². The van der Waals surface area contributed by atoms with E-state index in [9.17, 15) is 0 Å². The lowest BCUT2D eigenvalue weighted by Crippen LogP contribution is -2.22. The van der Waals surface area contributed by atoms with E-state index in [-0.39, 0.29) is 15.9 Å². The second-order valence-electron chi connectivity index (χ2n) is 3.44. The van der Waals surface area contributed by atoms with Gasteiger partial charge in [0.1, 0.15) is 10.3 Å². The van der Waals surface area contributed by atoms with E-state index in [2.05, 4.69) is 15.1 Å². The Balaban J connectivity index is 2.47. The van der Waals surface area contributed by atoms with Crippen LogP contribution in [0.3, 0.4) is 0 Å². The van der Waals surface area contributed by atoms with E-state index in [1.165, 1.54) is 0 Å². The molecule has 0 aromatic carbocycles. The number of nitrogens with two attached hydrogens (primary N) is 1. The van der Waals surface area contributed by atoms with Gasteiger partial charge in [-0.05, 0) is 12.8 Å². The number of nitrogens with zero attached hydrogens (tertiary/aromatic N) is 3. The molecule has 0 atom stereocenters. The predicted octanol–water partition coefficient (Wildman–Crippen LogP) is 1.54. The van der Waals surface area contributed by atoms with Crippen LogP contribution in [-0.2, 0) is 5.54 Å². The summed E-state index contributed by atoms with van der Waals surface area (Å²) in [6.07, 6.45) is 2.74. The summed E-state index contributed by atoms with van der Waals surface area (Å²) in [7, 11) is 0. The zero-order valence-electron chi connectivity index (χ0n) is 7.61. The zero-order chi connectivity index (χ0) is 11.1. The number of oxime groups is 1. The van der Waals surface area contributed by atoms with Gasteiger partial charge < -0.3 is 10.9 Å². The van der Waals surface area contributed by atoms with Crippen LogP contribution in [-0.4, -0.2) is 21.4 Å². The van der Waals surface area contributed by atoms with E-state index in [0.29, 0.717) is 5.82 Å². The van der Waals surface area contributed by atoms with Crippen LogP contribution >= 0.6 is 23.2 Å². The van der Waals surface area contributed by atoms with Crippen molar-refractivity contribution in [3.63, 3.8) is 0 Å². The third-order valence-corrected chi connectivity index (χ3v) is 2.85. The van der Waals surface area contributed by atoms with Gasteiger partial charge >= 0.3 is 0 Å². The Morgan fingerprint density at radius 1 is 1.33 bits per heavy atom. The number of rotatable bonds is 2. The summed E-state index contributed by atoms with van der Waals surface area (Å²) < 4.78 is 0. The molecule has 15 heavy (non-hydrogen) atoms. The van der Waals surface area contributed by atoms with E-state index >= 15 is 0 Å². The summed E-state index contributed by atoms with van der Waals surface area (Å²) in [5.41, 5.74) is 5.71. The van der Waals surface area contributed by atoms with Crippen LogP contribution in [0.5, 0.6) is 0 Å². The monoisotopic (exact) mass is 246 g/mol. The maximum atomic E-state index is 8.38. The van der Waals surface area contributed by atoms with Crippen LogP contribution < -0.4 is 5.73 Å². The smallest absolute Gasteiger partial charge is 0.151 e. The third kappa shape index (κ3) is 1.90. The van der Waals surface area contributed by atoms with Crippen molar-refractivity contribution >= 4 is 29.4 Å². The van der Waals surface area contributed by atoms with Crippen LogP contribution in [0.15, 0.2) is 5.16 Å². The van der Waals surface area contributed by atoms with Gasteiger partial charge in [0.2, 0.25) is 0 Å². The highest BCUT2D eigenvalue weighted by molar-refractivity contribution is 6.37. The van der Waals surface area contributed by atoms with E-state index in [0.717, 1.165) is 19.1 Å². The van der Waals surface area contributed by atoms with Crippen molar-refractivity contribution in [1.29, 1.82) is 0 Å². The second kappa shape index (κ2) is 3.59. The molecule has 0 amide bonds. The van der Waals surface area contributed by atoms with Crippen molar-refractivity contribution in [3.05, 3.63) is 21.7 Å². The average Bonchev–Trinajstić information content (AvgIpc) is 2.91. The minimum Gasteiger partial charge on any atom is -0.411 e. The molecule has 1 saturated carbocycles. The fourth-order valence-electron chi connectivity index (χ4n) is 1.16. The Morgan fingerprint density at radius 2 is 1.87 bits per heavy atom. The molecule has 3 N–H and O–H groups in total. The molecule has 80 valence electrons. The molecule has 0 radical (unpaired) electrons. The molecule has 0 aliphatic heterocycles. The van der Waals surface area contributed by atoms with Gasteiger partial charge in [0.05, 0.1) is 17.3 Å². The van der Waals surface area contributed by atoms with Gasteiger partial charge in [-0.25, -0.2) is 9.97 Å². The van der Waals surface area contributed by atoms with Crippen LogP contribution in [0.4, 0.5) is 0 Å². The predicted molar refractivity (Wildman–Crippen MR) is 56.5 cm³/mol. The molecule has 0 bridgehead atoms. The van der Waals surface area contributed by atoms with E-state index in [1.807, 2.05) is 0 Å². The molecule has 0 unspecified atom stereocenters. The van der Waals surface area contributed by atoms with Gasteiger partial charge in [-0.3, -0.25) is 0 Å². The van der Waals surface area contributed by atoms with E-state index in [4.69, 9.17) is 34.1 Å². The molecule has 7 heteroatoms. The normalized spacial score (nSPS) is 18.3. The second-order valence-corrected chi connectivity index (χ2v) is 4.16. The maximum absolute atomic E-state index is 8.38. The summed E-state index contributed by atoms with van der Waals surface area (Å²) in [6.45, 7) is 0. The Kier molecular flexibility index (Phi) is 2.54. The lowest BCUT2D eigenvalue weighted by atomic mass is 10.2. The SMILES string of the molecule is NC1(c2nc(Cl)c(C=NO)c(Cl)n2)CC1. The summed E-state index contributed by atoms with van der Waals surface area (Å²) >= 11 is 11.7. The lowest BCUT2D eigenvalue weighted by molar-refractivity contribution is 0.322. The van der Waals surface area contributed by atoms with Crippen molar-refractivity contribution in [3.8, 4) is 0 Å². The minimum atomic E-state index is -0.484. The van der Waals surface area contributed by atoms with E-state index < -0.39 is 5.54 Å². The van der Waals surface area contributed by atoms with Crippen LogP contribution in [0.25, 0.3) is 0 Å². The molecule has 1 aromatic heterocycles. The van der Waals surface area contributed by atoms with Gasteiger partial charge in [0, 0.05) is 0 Å². The highest BCUT2D eigenvalue weighted by Gasteiger charge is 2.43. The first-order chi connectivity index (χ1) is 7.07. The first-order valence-corrected chi connectivity index (χ1v) is 5.02. The number of hydrogen-bond donors (Lipinski definition) is 2. The van der Waals surface area contributed by atoms with Gasteiger partial charge in [0.15, 0.2) is 5.82 Å². The number of aromatic nitrogens is 2. The Labute approximate surface area is 95.9 Å². The minimum absolute atomic E-state index is 0.138. The average molecular weight is 247 g/mol. The molecule has 2 rings (SSSR count). The first-order valence-electron chi connectivity index (χ1n) is 4.27. The van der Waals surface area contributed by atoms with Crippen LogP contribution in [0, 0.1) is 0 Å². The Morgan fingerprint density at radius 3 is 2.27 bits per heavy atom. The Hall–Kier alpha value is -0.910. The molecule has 5 nitrogen and oxygen atoms in total. The molecule has 1 aromatic rings. The van der Waals surface area contributed by atoms with E-state index in [1.54, 1.807) is 0 Å². The summed E-state index contributed by atoms with van der Waals surface area (Å²) in [5.74, 6) is 0.438. The fraction of sp³-hybridized carbons (Fsp3) is 0.375. The number of hydrogen-bond acceptors (Lipinski definition) is 5. The summed E-state index contributed by atoms with van der Waals surface area (Å²) in [6, 6.07) is 0. The zero-order valence-corrected chi connectivity index (χ0v) is 9.13. The molecule has 1 heterocycles. The van der Waals surface area contributed by atoms with Crippen LogP contribution in [0.2, 0.25) is 10.3 Å². The summed E-state index contributed by atoms with van der Waals surface area (Å²) in [4.78, 5) is 8.06. The highest BCUT2D eigenvalue weighted by Crippen LogP contribution is 2.41. The van der Waals surface area contributed by atoms with Crippen LogP contribution in [0.1, 0.15) is 24.2 Å². The number of halogens is 2. The van der Waals surface area contributed by atoms with Crippen molar-refractivity contribution in [1.82, 2.24) is 9.97 Å². The van der Waals surface area contributed by atoms with Gasteiger partial charge in [-0.2, -0.15) is 0 Å². The highest BCUT2D eigenvalue weighted by atomic mass is 35.5. The third-order valence-electron chi connectivity index (χ3n) is 2.27. The van der Waals surface area contributed by atoms with Gasteiger partial charge in [-0.15, -0.1) is 0 Å². The largest absolute Gasteiger partial charge is 0.411 e. The lowest BCUT2D eigenvalue weighted by Gasteiger charge is -2.09. The quantitative estimate of drug-likeness (QED) is 0.359. The van der Waals surface area contributed by atoms with Crippen molar-refractivity contribution in [2.75, 3.05) is 0 Å². The standard InChI is InChI=1S/C8H8Cl2N4O/c9-5-4(3-12-15)6(10)14-7(13-5)8(11)1-2-8/h3,15H,1-2,11H2. The summed E-state index contributed by atoms with van der Waals surface area (Å²) in [5, 5.41) is 11.5. The van der Waals surface area contributed by atoms with Gasteiger partial charge in [0.25, 0.3) is 0 Å². The van der Waals surface area contributed by atoms with Gasteiger partial charge in [-0.1, -0.05) is 28.4 Å². The molecular weight excluding hydrogens is 239 g/mol. The van der Waals surface area contributed by atoms with Crippen molar-refractivity contribution < 1.29 is 5.21 Å². The topological polar surface area (TPSA) is 84.4 Å². The molecule has 0 saturated heterocycles. The molecule has 1 aliphatic rings. The molecule has 1 aliphatic carbocycles. The van der Waals surface area contributed by atoms with Crippen molar-refractivity contribution in [2.24, 2.45) is 10.9 Å². The first kappa shape index (κ1) is 10.6. The molecule has 0 spiro atoms. The Bertz CT molecular complexity index is 408. The fourth-order valence-corrected chi connectivity index (χ4v) is 1.65. The molecular formula is C8H8Cl2N4O.